The smallest absolute Gasteiger partial charge is 0.323 e. The second-order valence-electron chi connectivity index (χ2n) is 5.08. The Labute approximate surface area is 103 Å². The van der Waals surface area contributed by atoms with Crippen molar-refractivity contribution in [1.29, 1.82) is 0 Å². The fraction of sp³-hybridized carbons (Fsp3) is 0.750. The molecule has 98 valence electrons. The van der Waals surface area contributed by atoms with Gasteiger partial charge in [-0.2, -0.15) is 0 Å². The van der Waals surface area contributed by atoms with Crippen LogP contribution < -0.4 is 5.09 Å². The molecule has 5 heteroatoms. The molecule has 0 fully saturated rings. The number of hydrogen-bond donors (Lipinski definition) is 1. The van der Waals surface area contributed by atoms with Gasteiger partial charge >= 0.3 is 5.97 Å². The van der Waals surface area contributed by atoms with Crippen LogP contribution in [0.15, 0.2) is 11.4 Å². The van der Waals surface area contributed by atoms with Crippen molar-refractivity contribution in [2.24, 2.45) is 5.92 Å². The largest absolute Gasteiger partial charge is 0.468 e. The monoisotopic (exact) mass is 259 g/mol. The molecule has 0 saturated heterocycles. The maximum absolute atomic E-state index is 12.4. The third kappa shape index (κ3) is 4.29. The molecular weight excluding hydrogens is 237 g/mol. The van der Waals surface area contributed by atoms with Crippen LogP contribution in [0.4, 0.5) is 0 Å². The van der Waals surface area contributed by atoms with E-state index in [-0.39, 0.29) is 5.97 Å². The molecule has 0 amide bonds. The molecule has 1 N–H and O–H groups in total. The molecule has 0 aromatic rings. The number of allylic oxidation sites excluding steroid dienone is 1. The van der Waals surface area contributed by atoms with Crippen LogP contribution in [-0.2, 0) is 14.1 Å². The lowest BCUT2D eigenvalue weighted by Gasteiger charge is -2.21. The zero-order valence-corrected chi connectivity index (χ0v) is 11.9. The number of hydrogen-bond acceptors (Lipinski definition) is 3. The summed E-state index contributed by atoms with van der Waals surface area (Å²) in [7, 11) is -1.15. The van der Waals surface area contributed by atoms with E-state index in [0.29, 0.717) is 18.5 Å². The van der Waals surface area contributed by atoms with Crippen LogP contribution in [0.3, 0.4) is 0 Å². The summed E-state index contributed by atoms with van der Waals surface area (Å²) in [6.45, 7) is 6.03. The Morgan fingerprint density at radius 2 is 2.24 bits per heavy atom. The van der Waals surface area contributed by atoms with Crippen LogP contribution in [0.25, 0.3) is 0 Å². The van der Waals surface area contributed by atoms with Gasteiger partial charge < -0.3 is 9.30 Å². The summed E-state index contributed by atoms with van der Waals surface area (Å²) in [5.41, 5.74) is 1.13. The van der Waals surface area contributed by atoms with E-state index in [9.17, 15) is 9.36 Å². The van der Waals surface area contributed by atoms with E-state index in [1.165, 1.54) is 7.11 Å². The molecule has 1 aliphatic rings. The molecule has 2 unspecified atom stereocenters. The standard InChI is InChI=1S/C12H22NO3P/c1-9(2)7-11(12(14)16-4)13-17(15)6-5-10(3)8-17/h8-9,11H,5-7H2,1-4H3,(H,13,15). The summed E-state index contributed by atoms with van der Waals surface area (Å²) < 4.78 is 17.2. The number of rotatable bonds is 5. The highest BCUT2D eigenvalue weighted by Gasteiger charge is 2.31. The first-order valence-corrected chi connectivity index (χ1v) is 7.95. The lowest BCUT2D eigenvalue weighted by Crippen LogP contribution is -2.36. The maximum atomic E-state index is 12.4. The average molecular weight is 259 g/mol. The van der Waals surface area contributed by atoms with Crippen molar-refractivity contribution in [3.05, 3.63) is 11.4 Å². The molecule has 2 atom stereocenters. The fourth-order valence-electron chi connectivity index (χ4n) is 2.01. The molecule has 1 heterocycles. The van der Waals surface area contributed by atoms with Crippen LogP contribution in [-0.4, -0.2) is 25.3 Å². The number of methoxy groups -OCH3 is 1. The van der Waals surface area contributed by atoms with Gasteiger partial charge in [0.2, 0.25) is 0 Å². The van der Waals surface area contributed by atoms with Gasteiger partial charge in [-0.1, -0.05) is 19.4 Å². The van der Waals surface area contributed by atoms with Crippen molar-refractivity contribution in [3.8, 4) is 0 Å². The van der Waals surface area contributed by atoms with Gasteiger partial charge in [-0.3, -0.25) is 9.88 Å². The minimum absolute atomic E-state index is 0.327. The van der Waals surface area contributed by atoms with Crippen molar-refractivity contribution in [2.45, 2.75) is 39.7 Å². The third-order valence-corrected chi connectivity index (χ3v) is 5.33. The lowest BCUT2D eigenvalue weighted by molar-refractivity contribution is -0.143. The molecule has 0 aromatic heterocycles. The predicted octanol–water partition coefficient (Wildman–Crippen LogP) is 2.75. The zero-order chi connectivity index (χ0) is 13.1. The fourth-order valence-corrected chi connectivity index (χ4v) is 4.61. The highest BCUT2D eigenvalue weighted by atomic mass is 31.2. The molecule has 0 spiro atoms. The summed E-state index contributed by atoms with van der Waals surface area (Å²) in [5, 5.41) is 3.01. The van der Waals surface area contributed by atoms with Gasteiger partial charge in [0.25, 0.3) is 0 Å². The molecule has 0 saturated carbocycles. The molecule has 4 nitrogen and oxygen atoms in total. The minimum Gasteiger partial charge on any atom is -0.468 e. The quantitative estimate of drug-likeness (QED) is 0.609. The van der Waals surface area contributed by atoms with E-state index in [1.807, 2.05) is 20.8 Å². The first-order valence-electron chi connectivity index (χ1n) is 5.99. The van der Waals surface area contributed by atoms with E-state index in [4.69, 9.17) is 4.74 Å². The normalized spacial score (nSPS) is 25.8. The van der Waals surface area contributed by atoms with E-state index in [2.05, 4.69) is 5.09 Å². The van der Waals surface area contributed by atoms with Crippen LogP contribution in [0.2, 0.25) is 0 Å². The van der Waals surface area contributed by atoms with Gasteiger partial charge in [-0.05, 0) is 31.5 Å². The second kappa shape index (κ2) is 5.83. The molecule has 0 bridgehead atoms. The van der Waals surface area contributed by atoms with Gasteiger partial charge in [0.1, 0.15) is 6.04 Å². The average Bonchev–Trinajstić information content (AvgIpc) is 2.56. The predicted molar refractivity (Wildman–Crippen MR) is 69.2 cm³/mol. The number of ether oxygens (including phenoxy) is 1. The van der Waals surface area contributed by atoms with Gasteiger partial charge in [-0.25, -0.2) is 0 Å². The number of carbonyl (C=O) groups excluding carboxylic acids is 1. The molecule has 17 heavy (non-hydrogen) atoms. The van der Waals surface area contributed by atoms with Crippen molar-refractivity contribution < 1.29 is 14.1 Å². The van der Waals surface area contributed by atoms with Gasteiger partial charge in [0.05, 0.1) is 7.11 Å². The molecular formula is C12H22NO3P. The number of esters is 1. The minimum atomic E-state index is -2.52. The second-order valence-corrected chi connectivity index (χ2v) is 7.63. The van der Waals surface area contributed by atoms with Crippen LogP contribution in [0.5, 0.6) is 0 Å². The Hall–Kier alpha value is -0.600. The number of nitrogens with one attached hydrogen (secondary N) is 1. The van der Waals surface area contributed by atoms with E-state index >= 15 is 0 Å². The lowest BCUT2D eigenvalue weighted by atomic mass is 10.1. The van der Waals surface area contributed by atoms with Crippen LogP contribution >= 0.6 is 7.29 Å². The Morgan fingerprint density at radius 3 is 2.65 bits per heavy atom. The Morgan fingerprint density at radius 1 is 1.59 bits per heavy atom. The highest BCUT2D eigenvalue weighted by molar-refractivity contribution is 7.65. The molecule has 0 radical (unpaired) electrons. The Balaban J connectivity index is 2.73. The van der Waals surface area contributed by atoms with Crippen molar-refractivity contribution in [2.75, 3.05) is 13.3 Å². The van der Waals surface area contributed by atoms with E-state index in [1.54, 1.807) is 5.82 Å². The highest BCUT2D eigenvalue weighted by Crippen LogP contribution is 2.50. The molecule has 1 aliphatic heterocycles. The van der Waals surface area contributed by atoms with Crippen molar-refractivity contribution in [3.63, 3.8) is 0 Å². The Kier molecular flexibility index (Phi) is 4.96. The summed E-state index contributed by atoms with van der Waals surface area (Å²) in [6, 6.07) is -0.465. The first-order chi connectivity index (χ1) is 7.86. The van der Waals surface area contributed by atoms with Gasteiger partial charge in [0, 0.05) is 6.16 Å². The van der Waals surface area contributed by atoms with Gasteiger partial charge in [-0.15, -0.1) is 0 Å². The SMILES string of the molecule is COC(=O)C(CC(C)C)NP1(=O)C=C(C)CC1. The maximum Gasteiger partial charge on any atom is 0.323 e. The summed E-state index contributed by atoms with van der Waals surface area (Å²) >= 11 is 0. The van der Waals surface area contributed by atoms with Gasteiger partial charge in [0.15, 0.2) is 7.29 Å². The zero-order valence-electron chi connectivity index (χ0n) is 11.0. The molecule has 1 rings (SSSR count). The van der Waals surface area contributed by atoms with Crippen molar-refractivity contribution >= 4 is 13.3 Å². The summed E-state index contributed by atoms with van der Waals surface area (Å²) in [6.07, 6.45) is 2.10. The summed E-state index contributed by atoms with van der Waals surface area (Å²) in [4.78, 5) is 11.6. The van der Waals surface area contributed by atoms with E-state index in [0.717, 1.165) is 12.0 Å². The van der Waals surface area contributed by atoms with Crippen molar-refractivity contribution in [1.82, 2.24) is 5.09 Å². The Bertz CT molecular complexity index is 363. The molecule has 0 aliphatic carbocycles. The van der Waals surface area contributed by atoms with Crippen LogP contribution in [0, 0.1) is 5.92 Å². The number of carbonyl (C=O) groups is 1. The van der Waals surface area contributed by atoms with E-state index < -0.39 is 13.3 Å². The molecule has 0 aromatic carbocycles. The topological polar surface area (TPSA) is 55.4 Å². The first kappa shape index (κ1) is 14.5. The van der Waals surface area contributed by atoms with Crippen LogP contribution in [0.1, 0.15) is 33.6 Å². The third-order valence-electron chi connectivity index (χ3n) is 2.83. The summed E-state index contributed by atoms with van der Waals surface area (Å²) in [5.74, 6) is 1.82.